The Labute approximate surface area is 124 Å². The van der Waals surface area contributed by atoms with Crippen molar-refractivity contribution >= 4 is 0 Å². The van der Waals surface area contributed by atoms with Gasteiger partial charge in [0, 0.05) is 26.2 Å². The summed E-state index contributed by atoms with van der Waals surface area (Å²) in [6.45, 7) is 6.27. The highest BCUT2D eigenvalue weighted by atomic mass is 16.5. The lowest BCUT2D eigenvalue weighted by molar-refractivity contribution is 0.154. The summed E-state index contributed by atoms with van der Waals surface area (Å²) in [6, 6.07) is 8.71. The molecular weight excluding hydrogens is 264 g/mol. The molecule has 0 saturated carbocycles. The van der Waals surface area contributed by atoms with Crippen molar-refractivity contribution in [2.45, 2.75) is 25.3 Å². The second-order valence-electron chi connectivity index (χ2n) is 5.91. The first-order valence-electron chi connectivity index (χ1n) is 7.69. The van der Waals surface area contributed by atoms with Crippen LogP contribution in [-0.2, 0) is 6.42 Å². The third kappa shape index (κ3) is 2.26. The maximum atomic E-state index is 5.53. The van der Waals surface area contributed by atoms with E-state index < -0.39 is 0 Å². The molecule has 1 aliphatic carbocycles. The number of hydrogen-bond donors (Lipinski definition) is 1. The van der Waals surface area contributed by atoms with Crippen LogP contribution in [0.2, 0.25) is 0 Å². The van der Waals surface area contributed by atoms with Crippen LogP contribution in [-0.4, -0.2) is 41.2 Å². The van der Waals surface area contributed by atoms with Crippen molar-refractivity contribution in [2.24, 2.45) is 0 Å². The Hall–Kier alpha value is -1.72. The fraction of sp³-hybridized carbons (Fsp3) is 0.500. The lowest BCUT2D eigenvalue weighted by Crippen LogP contribution is -2.44. The van der Waals surface area contributed by atoms with Crippen molar-refractivity contribution in [3.8, 4) is 0 Å². The van der Waals surface area contributed by atoms with E-state index in [0.29, 0.717) is 5.92 Å². The molecular formula is C16H20N4O. The van der Waals surface area contributed by atoms with Crippen molar-refractivity contribution in [1.82, 2.24) is 20.4 Å². The molecule has 4 rings (SSSR count). The molecule has 1 fully saturated rings. The minimum atomic E-state index is 0.198. The van der Waals surface area contributed by atoms with Gasteiger partial charge < -0.3 is 9.84 Å². The summed E-state index contributed by atoms with van der Waals surface area (Å²) in [5.41, 5.74) is 2.75. The number of piperazine rings is 1. The summed E-state index contributed by atoms with van der Waals surface area (Å²) in [6.07, 6.45) is 1.02. The van der Waals surface area contributed by atoms with Gasteiger partial charge in [-0.05, 0) is 24.5 Å². The lowest BCUT2D eigenvalue weighted by Gasteiger charge is -2.30. The van der Waals surface area contributed by atoms with Crippen LogP contribution in [0.15, 0.2) is 28.8 Å². The van der Waals surface area contributed by atoms with Gasteiger partial charge in [0.25, 0.3) is 0 Å². The Kier molecular flexibility index (Phi) is 3.24. The lowest BCUT2D eigenvalue weighted by atomic mass is 9.77. The van der Waals surface area contributed by atoms with Gasteiger partial charge in [-0.1, -0.05) is 29.4 Å². The van der Waals surface area contributed by atoms with E-state index in [4.69, 9.17) is 4.52 Å². The molecule has 1 N–H and O–H groups in total. The fourth-order valence-electron chi connectivity index (χ4n) is 3.27. The highest BCUT2D eigenvalue weighted by Gasteiger charge is 2.32. The average Bonchev–Trinajstić information content (AvgIpc) is 2.98. The Balaban J connectivity index is 1.51. The molecule has 1 aliphatic heterocycles. The smallest absolute Gasteiger partial charge is 0.243 e. The molecule has 0 spiro atoms. The molecule has 5 heteroatoms. The van der Waals surface area contributed by atoms with Gasteiger partial charge >= 0.3 is 0 Å². The Bertz CT molecular complexity index is 633. The SMILES string of the molecule is CC(c1nc(C2Cc3ccccc32)no1)N1CCNCC1. The van der Waals surface area contributed by atoms with Gasteiger partial charge in [-0.2, -0.15) is 4.98 Å². The highest BCUT2D eigenvalue weighted by molar-refractivity contribution is 5.43. The van der Waals surface area contributed by atoms with Crippen LogP contribution in [0.5, 0.6) is 0 Å². The first-order chi connectivity index (χ1) is 10.3. The summed E-state index contributed by atoms with van der Waals surface area (Å²) in [4.78, 5) is 7.06. The van der Waals surface area contributed by atoms with E-state index in [1.165, 1.54) is 11.1 Å². The van der Waals surface area contributed by atoms with Gasteiger partial charge in [-0.15, -0.1) is 0 Å². The van der Waals surface area contributed by atoms with Gasteiger partial charge in [0.2, 0.25) is 5.89 Å². The fourth-order valence-corrected chi connectivity index (χ4v) is 3.27. The highest BCUT2D eigenvalue weighted by Crippen LogP contribution is 2.38. The molecule has 21 heavy (non-hydrogen) atoms. The van der Waals surface area contributed by atoms with Crippen LogP contribution in [0.25, 0.3) is 0 Å². The number of rotatable bonds is 3. The molecule has 1 saturated heterocycles. The maximum Gasteiger partial charge on any atom is 0.243 e. The van der Waals surface area contributed by atoms with E-state index >= 15 is 0 Å². The number of nitrogens with zero attached hydrogens (tertiary/aromatic N) is 3. The van der Waals surface area contributed by atoms with Gasteiger partial charge in [0.15, 0.2) is 5.82 Å². The van der Waals surface area contributed by atoms with Crippen LogP contribution in [0.1, 0.15) is 41.7 Å². The number of nitrogens with one attached hydrogen (secondary N) is 1. The van der Waals surface area contributed by atoms with Gasteiger partial charge in [-0.25, -0.2) is 0 Å². The number of fused-ring (bicyclic) bond motifs is 1. The Morgan fingerprint density at radius 3 is 2.90 bits per heavy atom. The predicted octanol–water partition coefficient (Wildman–Crippen LogP) is 1.72. The Morgan fingerprint density at radius 1 is 1.29 bits per heavy atom. The zero-order valence-corrected chi connectivity index (χ0v) is 12.2. The van der Waals surface area contributed by atoms with Crippen molar-refractivity contribution in [2.75, 3.05) is 26.2 Å². The van der Waals surface area contributed by atoms with E-state index in [-0.39, 0.29) is 6.04 Å². The first-order valence-corrected chi connectivity index (χ1v) is 7.69. The molecule has 1 aromatic heterocycles. The van der Waals surface area contributed by atoms with Crippen molar-refractivity contribution in [1.29, 1.82) is 0 Å². The molecule has 2 unspecified atom stereocenters. The van der Waals surface area contributed by atoms with E-state index in [0.717, 1.165) is 44.3 Å². The van der Waals surface area contributed by atoms with Crippen LogP contribution in [0.4, 0.5) is 0 Å². The standard InChI is InChI=1S/C16H20N4O/c1-11(20-8-6-17-7-9-20)16-18-15(19-21-16)14-10-12-4-2-3-5-13(12)14/h2-5,11,14,17H,6-10H2,1H3. The molecule has 2 heterocycles. The largest absolute Gasteiger partial charge is 0.338 e. The van der Waals surface area contributed by atoms with Crippen molar-refractivity contribution in [3.63, 3.8) is 0 Å². The normalized spacial score (nSPS) is 23.4. The summed E-state index contributed by atoms with van der Waals surface area (Å²) < 4.78 is 5.53. The van der Waals surface area contributed by atoms with Crippen LogP contribution in [0, 0.1) is 0 Å². The average molecular weight is 284 g/mol. The molecule has 1 aromatic carbocycles. The second kappa shape index (κ2) is 5.24. The number of hydrogen-bond acceptors (Lipinski definition) is 5. The van der Waals surface area contributed by atoms with Gasteiger partial charge in [-0.3, -0.25) is 4.90 Å². The minimum Gasteiger partial charge on any atom is -0.338 e. The molecule has 0 bridgehead atoms. The Morgan fingerprint density at radius 2 is 2.10 bits per heavy atom. The minimum absolute atomic E-state index is 0.198. The van der Waals surface area contributed by atoms with Crippen LogP contribution >= 0.6 is 0 Å². The molecule has 5 nitrogen and oxygen atoms in total. The van der Waals surface area contributed by atoms with Gasteiger partial charge in [0.1, 0.15) is 0 Å². The monoisotopic (exact) mass is 284 g/mol. The summed E-state index contributed by atoms with van der Waals surface area (Å²) in [7, 11) is 0. The summed E-state index contributed by atoms with van der Waals surface area (Å²) >= 11 is 0. The zero-order valence-electron chi connectivity index (χ0n) is 12.2. The maximum absolute atomic E-state index is 5.53. The predicted molar refractivity (Wildman–Crippen MR) is 79.1 cm³/mol. The molecule has 2 atom stereocenters. The number of benzene rings is 1. The second-order valence-corrected chi connectivity index (χ2v) is 5.91. The van der Waals surface area contributed by atoms with E-state index in [1.54, 1.807) is 0 Å². The van der Waals surface area contributed by atoms with Crippen molar-refractivity contribution in [3.05, 3.63) is 47.1 Å². The quantitative estimate of drug-likeness (QED) is 0.930. The molecule has 0 amide bonds. The summed E-state index contributed by atoms with van der Waals surface area (Å²) in [5, 5.41) is 7.59. The first kappa shape index (κ1) is 13.0. The van der Waals surface area contributed by atoms with Gasteiger partial charge in [0.05, 0.1) is 12.0 Å². The number of aromatic nitrogens is 2. The van der Waals surface area contributed by atoms with Crippen LogP contribution < -0.4 is 5.32 Å². The topological polar surface area (TPSA) is 54.2 Å². The van der Waals surface area contributed by atoms with E-state index in [2.05, 4.69) is 51.5 Å². The summed E-state index contributed by atoms with van der Waals surface area (Å²) in [5.74, 6) is 1.90. The van der Waals surface area contributed by atoms with E-state index in [1.807, 2.05) is 0 Å². The molecule has 2 aliphatic rings. The third-order valence-corrected chi connectivity index (χ3v) is 4.68. The van der Waals surface area contributed by atoms with Crippen molar-refractivity contribution < 1.29 is 4.52 Å². The molecule has 0 radical (unpaired) electrons. The zero-order chi connectivity index (χ0) is 14.2. The third-order valence-electron chi connectivity index (χ3n) is 4.68. The van der Waals surface area contributed by atoms with E-state index in [9.17, 15) is 0 Å². The van der Waals surface area contributed by atoms with Crippen LogP contribution in [0.3, 0.4) is 0 Å². The molecule has 2 aromatic rings. The molecule has 110 valence electrons.